The molecular formula is C27H28N4O4S2. The Hall–Kier alpha value is -3.37. The summed E-state index contributed by atoms with van der Waals surface area (Å²) in [6.07, 6.45) is 2.20. The van der Waals surface area contributed by atoms with Gasteiger partial charge in [-0.05, 0) is 55.7 Å². The minimum atomic E-state index is -0.142. The summed E-state index contributed by atoms with van der Waals surface area (Å²) in [6.45, 7) is 7.36. The van der Waals surface area contributed by atoms with Gasteiger partial charge < -0.3 is 14.2 Å². The molecule has 4 aromatic rings. The van der Waals surface area contributed by atoms with Crippen molar-refractivity contribution in [1.82, 2.24) is 14.5 Å². The third-order valence-corrected chi connectivity index (χ3v) is 8.59. The number of anilines is 1. The topological polar surface area (TPSA) is 88.7 Å². The molecule has 1 aliphatic rings. The Morgan fingerprint density at radius 2 is 2.08 bits per heavy atom. The monoisotopic (exact) mass is 536 g/mol. The fourth-order valence-electron chi connectivity index (χ4n) is 4.64. The van der Waals surface area contributed by atoms with Crippen molar-refractivity contribution < 1.29 is 14.0 Å². The van der Waals surface area contributed by atoms with Crippen LogP contribution in [0.15, 0.2) is 57.0 Å². The number of carbonyl (C=O) groups excluding carboxylic acids is 2. The number of nitrogens with zero attached hydrogens (tertiary/aromatic N) is 4. The molecule has 8 nitrogen and oxygen atoms in total. The minimum absolute atomic E-state index is 0.0233. The number of amides is 2. The molecule has 1 aromatic carbocycles. The van der Waals surface area contributed by atoms with Crippen molar-refractivity contribution in [1.29, 1.82) is 0 Å². The minimum Gasteiger partial charge on any atom is -0.467 e. The number of thioether (sulfide) groups is 1. The number of aromatic nitrogens is 2. The maximum absolute atomic E-state index is 13.8. The van der Waals surface area contributed by atoms with E-state index < -0.39 is 0 Å². The highest BCUT2D eigenvalue weighted by atomic mass is 32.2. The lowest BCUT2D eigenvalue weighted by molar-refractivity contribution is -0.129. The van der Waals surface area contributed by atoms with Crippen molar-refractivity contribution in [2.24, 2.45) is 0 Å². The maximum atomic E-state index is 13.8. The van der Waals surface area contributed by atoms with Crippen LogP contribution in [0.3, 0.4) is 0 Å². The second-order valence-corrected chi connectivity index (χ2v) is 11.0. The fourth-order valence-corrected chi connectivity index (χ4v) is 6.79. The third-order valence-electron chi connectivity index (χ3n) is 6.52. The molecule has 0 unspecified atom stereocenters. The van der Waals surface area contributed by atoms with Gasteiger partial charge in [-0.2, -0.15) is 0 Å². The second kappa shape index (κ2) is 10.5. The summed E-state index contributed by atoms with van der Waals surface area (Å²) in [6, 6.07) is 11.5. The van der Waals surface area contributed by atoms with Gasteiger partial charge >= 0.3 is 0 Å². The number of furan rings is 1. The van der Waals surface area contributed by atoms with E-state index in [4.69, 9.17) is 9.40 Å². The molecule has 192 valence electrons. The van der Waals surface area contributed by atoms with Crippen molar-refractivity contribution >= 4 is 50.8 Å². The first-order valence-electron chi connectivity index (χ1n) is 12.2. The van der Waals surface area contributed by atoms with Crippen molar-refractivity contribution in [3.05, 3.63) is 74.8 Å². The predicted octanol–water partition coefficient (Wildman–Crippen LogP) is 4.46. The van der Waals surface area contributed by atoms with E-state index in [-0.39, 0.29) is 29.7 Å². The first-order chi connectivity index (χ1) is 17.9. The fraction of sp³-hybridized carbons (Fsp3) is 0.333. The molecule has 0 radical (unpaired) electrons. The smallest absolute Gasteiger partial charge is 0.263 e. The Kier molecular flexibility index (Phi) is 7.21. The Bertz CT molecular complexity index is 1520. The van der Waals surface area contributed by atoms with E-state index in [0.29, 0.717) is 47.2 Å². The lowest BCUT2D eigenvalue weighted by Crippen LogP contribution is -2.34. The van der Waals surface area contributed by atoms with Gasteiger partial charge in [-0.25, -0.2) is 4.98 Å². The maximum Gasteiger partial charge on any atom is 0.263 e. The number of carbonyl (C=O) groups is 2. The highest BCUT2D eigenvalue weighted by Gasteiger charge is 2.27. The van der Waals surface area contributed by atoms with E-state index in [0.717, 1.165) is 21.7 Å². The molecule has 3 aromatic heterocycles. The summed E-state index contributed by atoms with van der Waals surface area (Å²) in [5.41, 5.74) is 2.77. The standard InChI is InChI=1S/C27H28N4O4S2/c1-4-30(19-8-5-7-17(2)13-19)23(33)16-36-27-28-25-24(26(34)31(27)14-20-9-6-12-35-20)21-10-11-29(18(3)32)15-22(21)37-25/h5-9,12-13H,4,10-11,14-16H2,1-3H3. The Labute approximate surface area is 222 Å². The molecule has 0 fully saturated rings. The predicted molar refractivity (Wildman–Crippen MR) is 146 cm³/mol. The number of benzene rings is 1. The van der Waals surface area contributed by atoms with Crippen LogP contribution in [-0.2, 0) is 29.1 Å². The summed E-state index contributed by atoms with van der Waals surface area (Å²) in [5.74, 6) is 0.745. The van der Waals surface area contributed by atoms with Crippen LogP contribution in [0.2, 0.25) is 0 Å². The zero-order valence-electron chi connectivity index (χ0n) is 21.0. The molecule has 2 amide bonds. The molecule has 0 spiro atoms. The van der Waals surface area contributed by atoms with Crippen molar-refractivity contribution in [3.8, 4) is 0 Å². The van der Waals surface area contributed by atoms with Gasteiger partial charge in [0.15, 0.2) is 5.16 Å². The Balaban J connectivity index is 1.49. The zero-order valence-corrected chi connectivity index (χ0v) is 22.7. The quantitative estimate of drug-likeness (QED) is 0.256. The molecule has 0 saturated carbocycles. The van der Waals surface area contributed by atoms with Gasteiger partial charge in [0.1, 0.15) is 10.6 Å². The van der Waals surface area contributed by atoms with Gasteiger partial charge in [-0.1, -0.05) is 23.9 Å². The van der Waals surface area contributed by atoms with Crippen LogP contribution in [0, 0.1) is 6.92 Å². The van der Waals surface area contributed by atoms with Crippen LogP contribution in [-0.4, -0.2) is 45.1 Å². The molecule has 5 rings (SSSR count). The number of rotatable bonds is 7. The van der Waals surface area contributed by atoms with Crippen LogP contribution in [0.4, 0.5) is 5.69 Å². The summed E-state index contributed by atoms with van der Waals surface area (Å²) < 4.78 is 7.13. The average molecular weight is 537 g/mol. The average Bonchev–Trinajstić information content (AvgIpc) is 3.52. The molecule has 0 atom stereocenters. The number of fused-ring (bicyclic) bond motifs is 3. The van der Waals surface area contributed by atoms with Gasteiger partial charge in [-0.3, -0.25) is 19.0 Å². The largest absolute Gasteiger partial charge is 0.467 e. The molecule has 4 heterocycles. The molecule has 1 aliphatic heterocycles. The molecule has 0 N–H and O–H groups in total. The number of hydrogen-bond acceptors (Lipinski definition) is 7. The van der Waals surface area contributed by atoms with Crippen molar-refractivity contribution in [2.75, 3.05) is 23.7 Å². The van der Waals surface area contributed by atoms with E-state index in [1.54, 1.807) is 33.6 Å². The summed E-state index contributed by atoms with van der Waals surface area (Å²) in [7, 11) is 0. The van der Waals surface area contributed by atoms with E-state index in [9.17, 15) is 14.4 Å². The molecule has 37 heavy (non-hydrogen) atoms. The van der Waals surface area contributed by atoms with Crippen molar-refractivity contribution in [3.63, 3.8) is 0 Å². The Morgan fingerprint density at radius 3 is 2.78 bits per heavy atom. The lowest BCUT2D eigenvalue weighted by Gasteiger charge is -2.25. The van der Waals surface area contributed by atoms with Crippen LogP contribution in [0.5, 0.6) is 0 Å². The van der Waals surface area contributed by atoms with Gasteiger partial charge in [0.2, 0.25) is 11.8 Å². The summed E-state index contributed by atoms with van der Waals surface area (Å²) >= 11 is 2.72. The summed E-state index contributed by atoms with van der Waals surface area (Å²) in [5, 5.41) is 1.09. The van der Waals surface area contributed by atoms with Crippen molar-refractivity contribution in [2.45, 2.75) is 45.4 Å². The number of hydrogen-bond donors (Lipinski definition) is 0. The molecule has 0 saturated heterocycles. The highest BCUT2D eigenvalue weighted by Crippen LogP contribution is 2.34. The molecule has 10 heteroatoms. The van der Waals surface area contributed by atoms with E-state index >= 15 is 0 Å². The Morgan fingerprint density at radius 1 is 1.24 bits per heavy atom. The number of thiophene rings is 1. The van der Waals surface area contributed by atoms with E-state index in [2.05, 4.69) is 0 Å². The normalized spacial score (nSPS) is 13.1. The third kappa shape index (κ3) is 5.08. The molecular weight excluding hydrogens is 508 g/mol. The van der Waals surface area contributed by atoms with Crippen LogP contribution in [0.25, 0.3) is 10.2 Å². The first-order valence-corrected chi connectivity index (χ1v) is 14.0. The second-order valence-electron chi connectivity index (χ2n) is 9.01. The van der Waals surface area contributed by atoms with Crippen LogP contribution < -0.4 is 10.5 Å². The van der Waals surface area contributed by atoms with Gasteiger partial charge in [-0.15, -0.1) is 11.3 Å². The van der Waals surface area contributed by atoms with E-state index in [1.807, 2.05) is 44.2 Å². The first kappa shape index (κ1) is 25.3. The van der Waals surface area contributed by atoms with Crippen LogP contribution in [0.1, 0.15) is 35.6 Å². The highest BCUT2D eigenvalue weighted by molar-refractivity contribution is 7.99. The van der Waals surface area contributed by atoms with Gasteiger partial charge in [0.05, 0.1) is 30.5 Å². The van der Waals surface area contributed by atoms with Gasteiger partial charge in [0.25, 0.3) is 5.56 Å². The number of aryl methyl sites for hydroxylation is 1. The molecule has 0 bridgehead atoms. The van der Waals surface area contributed by atoms with Crippen LogP contribution >= 0.6 is 23.1 Å². The lowest BCUT2D eigenvalue weighted by atomic mass is 10.1. The molecule has 0 aliphatic carbocycles. The SMILES string of the molecule is CCN(C(=O)CSc1nc2sc3c(c2c(=O)n1Cc1ccco1)CCN(C(C)=O)C3)c1cccc(C)c1. The zero-order chi connectivity index (χ0) is 26.1. The van der Waals surface area contributed by atoms with E-state index in [1.165, 1.54) is 23.1 Å². The summed E-state index contributed by atoms with van der Waals surface area (Å²) in [4.78, 5) is 49.0. The van der Waals surface area contributed by atoms with Gasteiger partial charge in [0, 0.05) is 30.6 Å².